The zero-order chi connectivity index (χ0) is 13.3. The van der Waals surface area contributed by atoms with E-state index in [1.165, 1.54) is 4.90 Å². The van der Waals surface area contributed by atoms with E-state index in [2.05, 4.69) is 0 Å². The van der Waals surface area contributed by atoms with Gasteiger partial charge in [-0.2, -0.15) is 5.26 Å². The number of nitriles is 1. The molecule has 2 amide bonds. The maximum Gasteiger partial charge on any atom is 0.233 e. The van der Waals surface area contributed by atoms with Crippen LogP contribution in [-0.2, 0) is 16.1 Å². The average molecular weight is 242 g/mol. The molecule has 18 heavy (non-hydrogen) atoms. The Kier molecular flexibility index (Phi) is 3.15. The van der Waals surface area contributed by atoms with E-state index in [0.29, 0.717) is 5.56 Å². The predicted molar refractivity (Wildman–Crippen MR) is 65.0 cm³/mol. The van der Waals surface area contributed by atoms with Gasteiger partial charge in [0, 0.05) is 11.8 Å². The van der Waals surface area contributed by atoms with E-state index < -0.39 is 0 Å². The van der Waals surface area contributed by atoms with E-state index in [9.17, 15) is 9.59 Å². The molecule has 4 heteroatoms. The maximum atomic E-state index is 11.9. The Labute approximate surface area is 106 Å². The van der Waals surface area contributed by atoms with Gasteiger partial charge in [0.1, 0.15) is 0 Å². The molecule has 1 aliphatic rings. The van der Waals surface area contributed by atoms with Gasteiger partial charge in [0.05, 0.1) is 18.2 Å². The van der Waals surface area contributed by atoms with Crippen LogP contribution in [0.3, 0.4) is 0 Å². The van der Waals surface area contributed by atoms with Gasteiger partial charge in [-0.3, -0.25) is 14.5 Å². The predicted octanol–water partition coefficient (Wildman–Crippen LogP) is 1.70. The lowest BCUT2D eigenvalue weighted by Crippen LogP contribution is -2.30. The van der Waals surface area contributed by atoms with E-state index >= 15 is 0 Å². The zero-order valence-corrected chi connectivity index (χ0v) is 10.4. The summed E-state index contributed by atoms with van der Waals surface area (Å²) in [5.41, 5.74) is 1.34. The van der Waals surface area contributed by atoms with Crippen molar-refractivity contribution in [3.8, 4) is 6.07 Å². The SMILES string of the molecule is CC1C(=O)N(Cc2cccc(C#N)c2)C(=O)C1C. The largest absolute Gasteiger partial charge is 0.278 e. The number of benzene rings is 1. The molecule has 2 atom stereocenters. The normalized spacial score (nSPS) is 23.3. The van der Waals surface area contributed by atoms with Crippen molar-refractivity contribution in [2.24, 2.45) is 11.8 Å². The van der Waals surface area contributed by atoms with Gasteiger partial charge < -0.3 is 0 Å². The van der Waals surface area contributed by atoms with Gasteiger partial charge in [0.25, 0.3) is 0 Å². The van der Waals surface area contributed by atoms with Crippen LogP contribution in [0.4, 0.5) is 0 Å². The number of hydrogen-bond acceptors (Lipinski definition) is 3. The average Bonchev–Trinajstić information content (AvgIpc) is 2.57. The molecule has 2 unspecified atom stereocenters. The van der Waals surface area contributed by atoms with Crippen molar-refractivity contribution in [3.05, 3.63) is 35.4 Å². The van der Waals surface area contributed by atoms with Crippen LogP contribution in [0.15, 0.2) is 24.3 Å². The summed E-state index contributed by atoms with van der Waals surface area (Å²) in [5, 5.41) is 8.81. The lowest BCUT2D eigenvalue weighted by Gasteiger charge is -2.14. The van der Waals surface area contributed by atoms with Crippen molar-refractivity contribution >= 4 is 11.8 Å². The van der Waals surface area contributed by atoms with Crippen molar-refractivity contribution in [2.45, 2.75) is 20.4 Å². The minimum atomic E-state index is -0.253. The van der Waals surface area contributed by atoms with Crippen molar-refractivity contribution in [1.29, 1.82) is 5.26 Å². The molecular formula is C14H14N2O2. The molecule has 1 saturated heterocycles. The zero-order valence-electron chi connectivity index (χ0n) is 10.4. The molecule has 0 N–H and O–H groups in total. The van der Waals surface area contributed by atoms with E-state index in [1.54, 1.807) is 32.0 Å². The molecule has 0 saturated carbocycles. The van der Waals surface area contributed by atoms with Crippen LogP contribution in [0, 0.1) is 23.2 Å². The summed E-state index contributed by atoms with van der Waals surface area (Å²) >= 11 is 0. The second-order valence-electron chi connectivity index (χ2n) is 4.65. The molecule has 1 aromatic carbocycles. The molecule has 1 aromatic rings. The first-order valence-electron chi connectivity index (χ1n) is 5.89. The van der Waals surface area contributed by atoms with Crippen LogP contribution in [0.2, 0.25) is 0 Å². The van der Waals surface area contributed by atoms with Gasteiger partial charge in [-0.1, -0.05) is 26.0 Å². The molecule has 2 rings (SSSR count). The van der Waals surface area contributed by atoms with Gasteiger partial charge in [0.15, 0.2) is 0 Å². The summed E-state index contributed by atoms with van der Waals surface area (Å²) in [6, 6.07) is 9.01. The molecule has 0 aromatic heterocycles. The Morgan fingerprint density at radius 3 is 2.39 bits per heavy atom. The lowest BCUT2D eigenvalue weighted by molar-refractivity contribution is -0.140. The Morgan fingerprint density at radius 1 is 1.22 bits per heavy atom. The van der Waals surface area contributed by atoms with E-state index in [0.717, 1.165) is 5.56 Å². The Hall–Kier alpha value is -2.15. The summed E-state index contributed by atoms with van der Waals surface area (Å²) in [5.74, 6) is -0.766. The third-order valence-corrected chi connectivity index (χ3v) is 3.46. The Morgan fingerprint density at radius 2 is 1.83 bits per heavy atom. The van der Waals surface area contributed by atoms with E-state index in [4.69, 9.17) is 5.26 Å². The molecule has 4 nitrogen and oxygen atoms in total. The standard InChI is InChI=1S/C14H14N2O2/c1-9-10(2)14(18)16(13(9)17)8-12-5-3-4-11(6-12)7-15/h3-6,9-10H,8H2,1-2H3. The van der Waals surface area contributed by atoms with Crippen molar-refractivity contribution in [3.63, 3.8) is 0 Å². The van der Waals surface area contributed by atoms with Crippen molar-refractivity contribution in [1.82, 2.24) is 4.90 Å². The van der Waals surface area contributed by atoms with Gasteiger partial charge in [-0.05, 0) is 17.7 Å². The molecular weight excluding hydrogens is 228 g/mol. The fraction of sp³-hybridized carbons (Fsp3) is 0.357. The van der Waals surface area contributed by atoms with Crippen LogP contribution in [-0.4, -0.2) is 16.7 Å². The highest BCUT2D eigenvalue weighted by Gasteiger charge is 2.41. The number of likely N-dealkylation sites (tertiary alicyclic amines) is 1. The lowest BCUT2D eigenvalue weighted by atomic mass is 10.00. The highest BCUT2D eigenvalue weighted by molar-refractivity contribution is 6.04. The van der Waals surface area contributed by atoms with Crippen LogP contribution in [0.5, 0.6) is 0 Å². The van der Waals surface area contributed by atoms with Gasteiger partial charge in [-0.15, -0.1) is 0 Å². The quantitative estimate of drug-likeness (QED) is 0.741. The molecule has 0 aliphatic carbocycles. The van der Waals surface area contributed by atoms with Crippen LogP contribution in [0.1, 0.15) is 25.0 Å². The summed E-state index contributed by atoms with van der Waals surface area (Å²) in [4.78, 5) is 25.1. The smallest absolute Gasteiger partial charge is 0.233 e. The van der Waals surface area contributed by atoms with Gasteiger partial charge in [0.2, 0.25) is 11.8 Å². The highest BCUT2D eigenvalue weighted by Crippen LogP contribution is 2.26. The second kappa shape index (κ2) is 4.61. The first-order chi connectivity index (χ1) is 8.54. The second-order valence-corrected chi connectivity index (χ2v) is 4.65. The number of carbonyl (C=O) groups excluding carboxylic acids is 2. The van der Waals surface area contributed by atoms with Crippen molar-refractivity contribution in [2.75, 3.05) is 0 Å². The van der Waals surface area contributed by atoms with Crippen LogP contribution < -0.4 is 0 Å². The Balaban J connectivity index is 2.22. The van der Waals surface area contributed by atoms with E-state index in [1.807, 2.05) is 12.1 Å². The molecule has 1 heterocycles. The van der Waals surface area contributed by atoms with Crippen LogP contribution in [0.25, 0.3) is 0 Å². The number of amides is 2. The highest BCUT2D eigenvalue weighted by atomic mass is 16.2. The number of hydrogen-bond donors (Lipinski definition) is 0. The molecule has 1 aliphatic heterocycles. The first kappa shape index (κ1) is 12.3. The number of nitrogens with zero attached hydrogens (tertiary/aromatic N) is 2. The molecule has 0 radical (unpaired) electrons. The Bertz CT molecular complexity index is 525. The summed E-state index contributed by atoms with van der Waals surface area (Å²) in [7, 11) is 0. The number of rotatable bonds is 2. The minimum absolute atomic E-state index is 0.130. The van der Waals surface area contributed by atoms with Gasteiger partial charge >= 0.3 is 0 Å². The minimum Gasteiger partial charge on any atom is -0.278 e. The summed E-state index contributed by atoms with van der Waals surface area (Å²) in [6.07, 6.45) is 0. The fourth-order valence-electron chi connectivity index (χ4n) is 2.11. The summed E-state index contributed by atoms with van der Waals surface area (Å²) in [6.45, 7) is 3.80. The number of carbonyl (C=O) groups is 2. The van der Waals surface area contributed by atoms with Gasteiger partial charge in [-0.25, -0.2) is 0 Å². The molecule has 0 spiro atoms. The number of imide groups is 1. The molecule has 1 fully saturated rings. The molecule has 0 bridgehead atoms. The third-order valence-electron chi connectivity index (χ3n) is 3.46. The maximum absolute atomic E-state index is 11.9. The molecule has 92 valence electrons. The monoisotopic (exact) mass is 242 g/mol. The third kappa shape index (κ3) is 2.00. The first-order valence-corrected chi connectivity index (χ1v) is 5.89. The van der Waals surface area contributed by atoms with Crippen molar-refractivity contribution < 1.29 is 9.59 Å². The fourth-order valence-corrected chi connectivity index (χ4v) is 2.11. The van der Waals surface area contributed by atoms with E-state index in [-0.39, 0.29) is 30.2 Å². The summed E-state index contributed by atoms with van der Waals surface area (Å²) < 4.78 is 0. The topological polar surface area (TPSA) is 61.2 Å². The van der Waals surface area contributed by atoms with Crippen LogP contribution >= 0.6 is 0 Å².